The molecule has 0 spiro atoms. The van der Waals surface area contributed by atoms with Gasteiger partial charge < -0.3 is 24.5 Å². The van der Waals surface area contributed by atoms with Gasteiger partial charge in [0.2, 0.25) is 5.91 Å². The molecule has 7 heteroatoms. The van der Waals surface area contributed by atoms with E-state index in [0.717, 1.165) is 0 Å². The Morgan fingerprint density at radius 3 is 2.65 bits per heavy atom. The van der Waals surface area contributed by atoms with E-state index < -0.39 is 0 Å². The highest BCUT2D eigenvalue weighted by Gasteiger charge is 2.14. The summed E-state index contributed by atoms with van der Waals surface area (Å²) in [5.41, 5.74) is 0.620. The van der Waals surface area contributed by atoms with Gasteiger partial charge in [0, 0.05) is 12.1 Å². The van der Waals surface area contributed by atoms with Crippen LogP contribution < -0.4 is 20.1 Å². The standard InChI is InChI=1S/C16H19ClN2O4/c1-10(13-5-4-6-23-13)19-16(20)9-18-12-8-14(21-2)11(17)7-15(12)22-3/h4-8,10,18H,9H2,1-3H3,(H,19,20)/t10-/m0/s1. The molecular formula is C16H19ClN2O4. The van der Waals surface area contributed by atoms with E-state index in [9.17, 15) is 4.79 Å². The molecule has 2 rings (SSSR count). The van der Waals surface area contributed by atoms with Gasteiger partial charge in [-0.1, -0.05) is 11.6 Å². The van der Waals surface area contributed by atoms with Crippen molar-refractivity contribution in [3.8, 4) is 11.5 Å². The van der Waals surface area contributed by atoms with E-state index in [1.807, 2.05) is 13.0 Å². The smallest absolute Gasteiger partial charge is 0.239 e. The monoisotopic (exact) mass is 338 g/mol. The topological polar surface area (TPSA) is 72.7 Å². The molecule has 0 aliphatic heterocycles. The van der Waals surface area contributed by atoms with Gasteiger partial charge in [-0.2, -0.15) is 0 Å². The van der Waals surface area contributed by atoms with E-state index >= 15 is 0 Å². The molecule has 0 aliphatic carbocycles. The lowest BCUT2D eigenvalue weighted by molar-refractivity contribution is -0.120. The van der Waals surface area contributed by atoms with Crippen molar-refractivity contribution in [1.82, 2.24) is 5.32 Å². The van der Waals surface area contributed by atoms with E-state index in [1.54, 1.807) is 24.5 Å². The maximum atomic E-state index is 12.0. The normalized spacial score (nSPS) is 11.7. The number of carbonyl (C=O) groups excluding carboxylic acids is 1. The molecule has 2 N–H and O–H groups in total. The molecule has 0 saturated carbocycles. The zero-order chi connectivity index (χ0) is 16.8. The molecule has 0 radical (unpaired) electrons. The summed E-state index contributed by atoms with van der Waals surface area (Å²) in [4.78, 5) is 12.0. The van der Waals surface area contributed by atoms with E-state index in [1.165, 1.54) is 14.2 Å². The van der Waals surface area contributed by atoms with Gasteiger partial charge >= 0.3 is 0 Å². The number of hydrogen-bond acceptors (Lipinski definition) is 5. The van der Waals surface area contributed by atoms with Crippen molar-refractivity contribution in [2.45, 2.75) is 13.0 Å². The molecule has 6 nitrogen and oxygen atoms in total. The Balaban J connectivity index is 1.98. The van der Waals surface area contributed by atoms with E-state index in [0.29, 0.717) is 28.0 Å². The third kappa shape index (κ3) is 4.32. The van der Waals surface area contributed by atoms with Crippen LogP contribution in [0.3, 0.4) is 0 Å². The fourth-order valence-electron chi connectivity index (χ4n) is 2.08. The van der Waals surface area contributed by atoms with Crippen molar-refractivity contribution in [3.63, 3.8) is 0 Å². The molecule has 0 bridgehead atoms. The Morgan fingerprint density at radius 2 is 2.04 bits per heavy atom. The molecule has 0 aliphatic rings. The Kier molecular flexibility index (Phi) is 5.76. The van der Waals surface area contributed by atoms with Crippen LogP contribution in [0.2, 0.25) is 5.02 Å². The Hall–Kier alpha value is -2.34. The quantitative estimate of drug-likeness (QED) is 0.810. The first kappa shape index (κ1) is 17.0. The third-order valence-electron chi connectivity index (χ3n) is 3.26. The Labute approximate surface area is 139 Å². The number of hydrogen-bond donors (Lipinski definition) is 2. The van der Waals surface area contributed by atoms with Crippen molar-refractivity contribution in [2.24, 2.45) is 0 Å². The molecule has 0 unspecified atom stereocenters. The zero-order valence-corrected chi connectivity index (χ0v) is 13.9. The number of furan rings is 1. The lowest BCUT2D eigenvalue weighted by Gasteiger charge is -2.15. The number of benzene rings is 1. The summed E-state index contributed by atoms with van der Waals surface area (Å²) >= 11 is 6.05. The molecule has 1 atom stereocenters. The minimum Gasteiger partial charge on any atom is -0.495 e. The maximum absolute atomic E-state index is 12.0. The van der Waals surface area contributed by atoms with Crippen molar-refractivity contribution in [3.05, 3.63) is 41.3 Å². The van der Waals surface area contributed by atoms with Crippen molar-refractivity contribution >= 4 is 23.2 Å². The molecule has 0 fully saturated rings. The number of methoxy groups -OCH3 is 2. The molecule has 1 aromatic carbocycles. The van der Waals surface area contributed by atoms with Gasteiger partial charge in [0.15, 0.2) is 0 Å². The number of rotatable bonds is 7. The minimum absolute atomic E-state index is 0.0756. The van der Waals surface area contributed by atoms with Crippen LogP contribution in [-0.4, -0.2) is 26.7 Å². The molecule has 1 heterocycles. The van der Waals surface area contributed by atoms with Gasteiger partial charge in [-0.3, -0.25) is 4.79 Å². The van der Waals surface area contributed by atoms with Crippen LogP contribution in [0.1, 0.15) is 18.7 Å². The second-order valence-corrected chi connectivity index (χ2v) is 5.25. The van der Waals surface area contributed by atoms with Crippen molar-refractivity contribution < 1.29 is 18.7 Å². The summed E-state index contributed by atoms with van der Waals surface area (Å²) in [6.45, 7) is 1.93. The highest BCUT2D eigenvalue weighted by Crippen LogP contribution is 2.35. The average Bonchev–Trinajstić information content (AvgIpc) is 3.07. The third-order valence-corrected chi connectivity index (χ3v) is 3.56. The molecule has 23 heavy (non-hydrogen) atoms. The van der Waals surface area contributed by atoms with Crippen molar-refractivity contribution in [2.75, 3.05) is 26.1 Å². The van der Waals surface area contributed by atoms with E-state index in [4.69, 9.17) is 25.5 Å². The number of carbonyl (C=O) groups is 1. The minimum atomic E-state index is -0.207. The Morgan fingerprint density at radius 1 is 1.30 bits per heavy atom. The fraction of sp³-hybridized carbons (Fsp3) is 0.312. The SMILES string of the molecule is COc1cc(NCC(=O)N[C@@H](C)c2ccco2)c(OC)cc1Cl. The number of anilines is 1. The highest BCUT2D eigenvalue weighted by molar-refractivity contribution is 6.32. The van der Waals surface area contributed by atoms with Crippen LogP contribution >= 0.6 is 11.6 Å². The summed E-state index contributed by atoms with van der Waals surface area (Å²) in [6.07, 6.45) is 1.57. The first-order valence-corrected chi connectivity index (χ1v) is 7.41. The lowest BCUT2D eigenvalue weighted by Crippen LogP contribution is -2.31. The van der Waals surface area contributed by atoms with E-state index in [2.05, 4.69) is 10.6 Å². The first-order valence-electron chi connectivity index (χ1n) is 7.03. The maximum Gasteiger partial charge on any atom is 0.239 e. The lowest BCUT2D eigenvalue weighted by atomic mass is 10.2. The van der Waals surface area contributed by atoms with Gasteiger partial charge in [0.25, 0.3) is 0 Å². The first-order chi connectivity index (χ1) is 11.0. The molecule has 0 saturated heterocycles. The summed E-state index contributed by atoms with van der Waals surface area (Å²) < 4.78 is 15.7. The zero-order valence-electron chi connectivity index (χ0n) is 13.2. The predicted octanol–water partition coefficient (Wildman–Crippen LogP) is 3.24. The van der Waals surface area contributed by atoms with E-state index in [-0.39, 0.29) is 18.5 Å². The van der Waals surface area contributed by atoms with Gasteiger partial charge in [-0.05, 0) is 19.1 Å². The highest BCUT2D eigenvalue weighted by atomic mass is 35.5. The van der Waals surface area contributed by atoms with Gasteiger partial charge in [-0.15, -0.1) is 0 Å². The predicted molar refractivity (Wildman–Crippen MR) is 88.3 cm³/mol. The number of amides is 1. The molecule has 1 aromatic heterocycles. The van der Waals surface area contributed by atoms with Gasteiger partial charge in [0.1, 0.15) is 17.3 Å². The summed E-state index contributed by atoms with van der Waals surface area (Å²) in [6, 6.07) is 6.70. The molecular weight excluding hydrogens is 320 g/mol. The Bertz CT molecular complexity index is 658. The van der Waals surface area contributed by atoms with Crippen LogP contribution in [0.5, 0.6) is 11.5 Å². The van der Waals surface area contributed by atoms with Gasteiger partial charge in [-0.25, -0.2) is 0 Å². The van der Waals surface area contributed by atoms with Crippen molar-refractivity contribution in [1.29, 1.82) is 0 Å². The second-order valence-electron chi connectivity index (χ2n) is 4.85. The van der Waals surface area contributed by atoms with Crippen LogP contribution in [-0.2, 0) is 4.79 Å². The summed E-state index contributed by atoms with van der Waals surface area (Å²) in [7, 11) is 3.05. The average molecular weight is 339 g/mol. The van der Waals surface area contributed by atoms with Crippen LogP contribution in [0, 0.1) is 0 Å². The molecule has 1 amide bonds. The number of ether oxygens (including phenoxy) is 2. The van der Waals surface area contributed by atoms with Crippen LogP contribution in [0.15, 0.2) is 34.9 Å². The largest absolute Gasteiger partial charge is 0.495 e. The fourth-order valence-corrected chi connectivity index (χ4v) is 2.31. The summed E-state index contributed by atoms with van der Waals surface area (Å²) in [5.74, 6) is 1.55. The number of halogens is 1. The van der Waals surface area contributed by atoms with Gasteiger partial charge in [0.05, 0.1) is 43.8 Å². The van der Waals surface area contributed by atoms with Crippen LogP contribution in [0.4, 0.5) is 5.69 Å². The second kappa shape index (κ2) is 7.78. The van der Waals surface area contributed by atoms with Crippen LogP contribution in [0.25, 0.3) is 0 Å². The number of nitrogens with one attached hydrogen (secondary N) is 2. The summed E-state index contributed by atoms with van der Waals surface area (Å²) in [5, 5.41) is 6.28. The molecule has 124 valence electrons. The molecule has 2 aromatic rings.